The van der Waals surface area contributed by atoms with E-state index in [1.807, 2.05) is 53.1 Å². The standard InChI is InChI=1S/C33H30N4O2/c38-32(28-21-23-14-13-22-7-1-2-8-25(22)31(23)27-10-4-3-9-26(27)28)34-17-20-36-18-15-24(16-19-36)37-30-12-6-5-11-29(30)35-33(37)39/h1-14,21,24H,15-20H2,(H,34,38)(H,35,39). The normalized spacial score (nSPS) is 15.0. The second kappa shape index (κ2) is 9.71. The fraction of sp³-hybridized carbons (Fsp3) is 0.212. The average Bonchev–Trinajstić information content (AvgIpc) is 3.32. The maximum atomic E-state index is 13.4. The number of para-hydroxylation sites is 2. The van der Waals surface area contributed by atoms with Crippen LogP contribution < -0.4 is 11.0 Å². The molecule has 0 atom stereocenters. The van der Waals surface area contributed by atoms with Gasteiger partial charge in [0.15, 0.2) is 0 Å². The van der Waals surface area contributed by atoms with Crippen molar-refractivity contribution in [3.05, 3.63) is 107 Å². The molecule has 2 heterocycles. The molecule has 1 aliphatic rings. The number of H-pyrrole nitrogens is 1. The lowest BCUT2D eigenvalue weighted by Crippen LogP contribution is -2.41. The van der Waals surface area contributed by atoms with Crippen LogP contribution in [-0.4, -0.2) is 46.5 Å². The van der Waals surface area contributed by atoms with Crippen LogP contribution in [-0.2, 0) is 0 Å². The van der Waals surface area contributed by atoms with Crippen molar-refractivity contribution in [2.75, 3.05) is 26.2 Å². The van der Waals surface area contributed by atoms with Crippen LogP contribution in [0.3, 0.4) is 0 Å². The predicted molar refractivity (Wildman–Crippen MR) is 159 cm³/mol. The van der Waals surface area contributed by atoms with Crippen molar-refractivity contribution < 1.29 is 4.79 Å². The van der Waals surface area contributed by atoms with E-state index in [-0.39, 0.29) is 17.6 Å². The predicted octanol–water partition coefficient (Wildman–Crippen LogP) is 5.86. The van der Waals surface area contributed by atoms with Crippen molar-refractivity contribution in [2.45, 2.75) is 18.9 Å². The van der Waals surface area contributed by atoms with E-state index in [0.29, 0.717) is 12.1 Å². The maximum Gasteiger partial charge on any atom is 0.326 e. The summed E-state index contributed by atoms with van der Waals surface area (Å²) in [5, 5.41) is 9.92. The molecule has 1 aliphatic heterocycles. The molecule has 194 valence electrons. The van der Waals surface area contributed by atoms with E-state index in [1.54, 1.807) is 0 Å². The average molecular weight is 515 g/mol. The van der Waals surface area contributed by atoms with Gasteiger partial charge in [0.2, 0.25) is 0 Å². The molecule has 0 radical (unpaired) electrons. The van der Waals surface area contributed by atoms with Crippen LogP contribution in [0.25, 0.3) is 43.4 Å². The quantitative estimate of drug-likeness (QED) is 0.283. The molecule has 1 aromatic heterocycles. The number of hydrogen-bond donors (Lipinski definition) is 2. The molecule has 0 spiro atoms. The van der Waals surface area contributed by atoms with Gasteiger partial charge in [0.25, 0.3) is 5.91 Å². The fourth-order valence-corrected chi connectivity index (χ4v) is 6.33. The number of carbonyl (C=O) groups is 1. The van der Waals surface area contributed by atoms with E-state index in [0.717, 1.165) is 59.7 Å². The van der Waals surface area contributed by atoms with Gasteiger partial charge in [-0.05, 0) is 63.4 Å². The van der Waals surface area contributed by atoms with E-state index < -0.39 is 0 Å². The largest absolute Gasteiger partial charge is 0.351 e. The van der Waals surface area contributed by atoms with Crippen LogP contribution in [0.5, 0.6) is 0 Å². The first-order valence-electron chi connectivity index (χ1n) is 13.7. The number of hydrogen-bond acceptors (Lipinski definition) is 3. The molecule has 0 aliphatic carbocycles. The third kappa shape index (κ3) is 4.17. The highest BCUT2D eigenvalue weighted by Gasteiger charge is 2.23. The molecule has 1 saturated heterocycles. The molecule has 7 rings (SSSR count). The third-order valence-corrected chi connectivity index (χ3v) is 8.25. The number of rotatable bonds is 5. The Morgan fingerprint density at radius 1 is 0.821 bits per heavy atom. The van der Waals surface area contributed by atoms with Gasteiger partial charge in [-0.2, -0.15) is 0 Å². The Hall–Kier alpha value is -4.42. The van der Waals surface area contributed by atoms with E-state index in [2.05, 4.69) is 57.7 Å². The zero-order chi connectivity index (χ0) is 26.3. The van der Waals surface area contributed by atoms with Gasteiger partial charge >= 0.3 is 5.69 Å². The molecule has 0 saturated carbocycles. The van der Waals surface area contributed by atoms with Crippen LogP contribution in [0, 0.1) is 0 Å². The number of amides is 1. The number of benzene rings is 5. The molecule has 6 nitrogen and oxygen atoms in total. The molecule has 0 bridgehead atoms. The Bertz CT molecular complexity index is 1910. The Balaban J connectivity index is 1.05. The van der Waals surface area contributed by atoms with Gasteiger partial charge < -0.3 is 15.2 Å². The number of carbonyl (C=O) groups excluding carboxylic acids is 1. The molecule has 1 amide bonds. The second-order valence-electron chi connectivity index (χ2n) is 10.5. The molecule has 1 fully saturated rings. The van der Waals surface area contributed by atoms with Crippen molar-refractivity contribution in [1.29, 1.82) is 0 Å². The minimum Gasteiger partial charge on any atom is -0.351 e. The Morgan fingerprint density at radius 3 is 2.36 bits per heavy atom. The molecule has 2 N–H and O–H groups in total. The topological polar surface area (TPSA) is 70.1 Å². The highest BCUT2D eigenvalue weighted by molar-refractivity contribution is 6.24. The number of nitrogens with zero attached hydrogens (tertiary/aromatic N) is 2. The van der Waals surface area contributed by atoms with Gasteiger partial charge in [-0.3, -0.25) is 9.36 Å². The number of likely N-dealkylation sites (tertiary alicyclic amines) is 1. The number of nitrogens with one attached hydrogen (secondary N) is 2. The van der Waals surface area contributed by atoms with Crippen molar-refractivity contribution in [2.24, 2.45) is 0 Å². The van der Waals surface area contributed by atoms with E-state index in [4.69, 9.17) is 0 Å². The molecule has 39 heavy (non-hydrogen) atoms. The van der Waals surface area contributed by atoms with Crippen LogP contribution in [0.2, 0.25) is 0 Å². The van der Waals surface area contributed by atoms with Gasteiger partial charge in [0.05, 0.1) is 11.0 Å². The van der Waals surface area contributed by atoms with E-state index in [1.165, 1.54) is 16.2 Å². The number of aromatic nitrogens is 2. The molecule has 6 heteroatoms. The SMILES string of the molecule is O=C(NCCN1CCC(n2c(=O)[nH]c3ccccc32)CC1)c1cc2ccc3ccccc3c2c2ccccc12. The summed E-state index contributed by atoms with van der Waals surface area (Å²) in [4.78, 5) is 31.3. The van der Waals surface area contributed by atoms with Crippen LogP contribution >= 0.6 is 0 Å². The Morgan fingerprint density at radius 2 is 1.51 bits per heavy atom. The summed E-state index contributed by atoms with van der Waals surface area (Å²) in [5.74, 6) is -0.0403. The summed E-state index contributed by atoms with van der Waals surface area (Å²) in [6, 6.07) is 31.0. The number of imidazole rings is 1. The first kappa shape index (κ1) is 23.7. The lowest BCUT2D eigenvalue weighted by molar-refractivity contribution is 0.0946. The Kier molecular flexibility index (Phi) is 5.90. The number of piperidine rings is 1. The third-order valence-electron chi connectivity index (χ3n) is 8.25. The van der Waals surface area contributed by atoms with Crippen LogP contribution in [0.1, 0.15) is 29.2 Å². The highest BCUT2D eigenvalue weighted by atomic mass is 16.2. The molecule has 5 aromatic carbocycles. The smallest absolute Gasteiger partial charge is 0.326 e. The first-order chi connectivity index (χ1) is 19.2. The molecule has 6 aromatic rings. The van der Waals surface area contributed by atoms with Crippen molar-refractivity contribution >= 4 is 49.3 Å². The molecular formula is C33H30N4O2. The van der Waals surface area contributed by atoms with Gasteiger partial charge in [-0.1, -0.05) is 72.8 Å². The van der Waals surface area contributed by atoms with Gasteiger partial charge in [0, 0.05) is 37.8 Å². The first-order valence-corrected chi connectivity index (χ1v) is 13.7. The number of fused-ring (bicyclic) bond motifs is 6. The maximum absolute atomic E-state index is 13.4. The summed E-state index contributed by atoms with van der Waals surface area (Å²) >= 11 is 0. The summed E-state index contributed by atoms with van der Waals surface area (Å²) < 4.78 is 1.92. The lowest BCUT2D eigenvalue weighted by atomic mass is 9.93. The minimum absolute atomic E-state index is 0.0301. The summed E-state index contributed by atoms with van der Waals surface area (Å²) in [6.45, 7) is 3.18. The summed E-state index contributed by atoms with van der Waals surface area (Å²) in [5.41, 5.74) is 2.55. The lowest BCUT2D eigenvalue weighted by Gasteiger charge is -2.32. The molecular weight excluding hydrogens is 484 g/mol. The minimum atomic E-state index is -0.0403. The fourth-order valence-electron chi connectivity index (χ4n) is 6.33. The zero-order valence-electron chi connectivity index (χ0n) is 21.7. The van der Waals surface area contributed by atoms with Crippen LogP contribution in [0.15, 0.2) is 95.8 Å². The van der Waals surface area contributed by atoms with E-state index in [9.17, 15) is 9.59 Å². The van der Waals surface area contributed by atoms with Crippen LogP contribution in [0.4, 0.5) is 0 Å². The zero-order valence-corrected chi connectivity index (χ0v) is 21.7. The number of aromatic amines is 1. The van der Waals surface area contributed by atoms with Crippen molar-refractivity contribution in [3.8, 4) is 0 Å². The molecule has 0 unspecified atom stereocenters. The van der Waals surface area contributed by atoms with Crippen molar-refractivity contribution in [1.82, 2.24) is 19.8 Å². The summed E-state index contributed by atoms with van der Waals surface area (Å²) in [7, 11) is 0. The monoisotopic (exact) mass is 514 g/mol. The van der Waals surface area contributed by atoms with E-state index >= 15 is 0 Å². The van der Waals surface area contributed by atoms with Gasteiger partial charge in [-0.25, -0.2) is 4.79 Å². The van der Waals surface area contributed by atoms with Gasteiger partial charge in [-0.15, -0.1) is 0 Å². The second-order valence-corrected chi connectivity index (χ2v) is 10.5. The van der Waals surface area contributed by atoms with Crippen molar-refractivity contribution in [3.63, 3.8) is 0 Å². The van der Waals surface area contributed by atoms with Gasteiger partial charge in [0.1, 0.15) is 0 Å². The highest BCUT2D eigenvalue weighted by Crippen LogP contribution is 2.34. The summed E-state index contributed by atoms with van der Waals surface area (Å²) in [6.07, 6.45) is 1.83. The Labute approximate surface area is 225 Å².